The first-order valence-electron chi connectivity index (χ1n) is 11.0. The van der Waals surface area contributed by atoms with E-state index in [-0.39, 0.29) is 17.5 Å². The van der Waals surface area contributed by atoms with Crippen molar-refractivity contribution in [3.05, 3.63) is 90.0 Å². The number of benzene rings is 2. The number of nitrogens with one attached hydrogen (secondary N) is 1. The molecule has 1 saturated heterocycles. The van der Waals surface area contributed by atoms with Crippen LogP contribution in [-0.2, 0) is 0 Å². The summed E-state index contributed by atoms with van der Waals surface area (Å²) < 4.78 is 19.5. The first-order chi connectivity index (χ1) is 16.6. The quantitative estimate of drug-likeness (QED) is 0.392. The van der Waals surface area contributed by atoms with Gasteiger partial charge in [-0.1, -0.05) is 36.4 Å². The highest BCUT2D eigenvalue weighted by atomic mass is 19.1. The van der Waals surface area contributed by atoms with E-state index in [2.05, 4.69) is 14.9 Å². The Morgan fingerprint density at radius 1 is 1.06 bits per heavy atom. The molecular weight excluding hydrogens is 437 g/mol. The van der Waals surface area contributed by atoms with Gasteiger partial charge in [-0.3, -0.25) is 14.9 Å². The fraction of sp³-hybridized carbons (Fsp3) is 0.240. The number of piperazine rings is 1. The maximum absolute atomic E-state index is 13.3. The number of carbonyl (C=O) groups excluding carboxylic acids is 1. The lowest BCUT2D eigenvalue weighted by molar-refractivity contribution is 0.0705. The molecule has 1 aromatic heterocycles. The van der Waals surface area contributed by atoms with Crippen LogP contribution in [-0.4, -0.2) is 64.8 Å². The number of nitrogens with zero attached hydrogens (tertiary/aromatic N) is 4. The molecule has 176 valence electrons. The molecule has 0 spiro atoms. The SMILES string of the molecule is O=C(NO)c1cnc(N2CCN(CC(C=Cc3ccccc3)Oc3ccc(F)cc3)CC2)nc1. The van der Waals surface area contributed by atoms with E-state index in [0.29, 0.717) is 18.2 Å². The molecule has 0 radical (unpaired) electrons. The molecule has 0 bridgehead atoms. The standard InChI is InChI=1S/C25H26FN5O3/c26-21-7-10-22(11-8-21)34-23(9-6-19-4-2-1-3-5-19)18-30-12-14-31(15-13-30)25-27-16-20(17-28-25)24(32)29-33/h1-11,16-17,23,33H,12-15,18H2,(H,29,32). The first-order valence-corrected chi connectivity index (χ1v) is 11.0. The highest BCUT2D eigenvalue weighted by Gasteiger charge is 2.22. The van der Waals surface area contributed by atoms with Crippen LogP contribution in [0.4, 0.5) is 10.3 Å². The van der Waals surface area contributed by atoms with Crippen LogP contribution in [0.1, 0.15) is 15.9 Å². The van der Waals surface area contributed by atoms with Gasteiger partial charge in [-0.15, -0.1) is 0 Å². The van der Waals surface area contributed by atoms with Crippen LogP contribution in [0, 0.1) is 5.82 Å². The van der Waals surface area contributed by atoms with Crippen molar-refractivity contribution >= 4 is 17.9 Å². The average Bonchev–Trinajstić information content (AvgIpc) is 2.89. The van der Waals surface area contributed by atoms with Gasteiger partial charge in [0.2, 0.25) is 5.95 Å². The summed E-state index contributed by atoms with van der Waals surface area (Å²) in [6, 6.07) is 16.0. The topological polar surface area (TPSA) is 90.8 Å². The predicted octanol–water partition coefficient (Wildman–Crippen LogP) is 3.02. The molecule has 4 rings (SSSR count). The Bertz CT molecular complexity index is 1090. The first kappa shape index (κ1) is 23.3. The molecule has 0 saturated carbocycles. The molecule has 2 aromatic carbocycles. The third kappa shape index (κ3) is 6.37. The minimum Gasteiger partial charge on any atom is -0.485 e. The van der Waals surface area contributed by atoms with Gasteiger partial charge in [0.1, 0.15) is 17.7 Å². The number of anilines is 1. The lowest BCUT2D eigenvalue weighted by Crippen LogP contribution is -2.49. The summed E-state index contributed by atoms with van der Waals surface area (Å²) in [4.78, 5) is 24.3. The van der Waals surface area contributed by atoms with Gasteiger partial charge in [-0.25, -0.2) is 19.8 Å². The summed E-state index contributed by atoms with van der Waals surface area (Å²) in [6.07, 6.45) is 6.62. The van der Waals surface area contributed by atoms with Crippen molar-refractivity contribution in [3.63, 3.8) is 0 Å². The van der Waals surface area contributed by atoms with E-state index < -0.39 is 5.91 Å². The van der Waals surface area contributed by atoms with Crippen LogP contribution in [0.3, 0.4) is 0 Å². The maximum atomic E-state index is 13.3. The van der Waals surface area contributed by atoms with E-state index >= 15 is 0 Å². The van der Waals surface area contributed by atoms with Gasteiger partial charge in [0.15, 0.2) is 0 Å². The molecule has 2 N–H and O–H groups in total. The number of carbonyl (C=O) groups is 1. The molecule has 1 unspecified atom stereocenters. The third-order valence-corrected chi connectivity index (χ3v) is 5.50. The summed E-state index contributed by atoms with van der Waals surface area (Å²) in [6.45, 7) is 3.68. The van der Waals surface area contributed by atoms with Crippen molar-refractivity contribution < 1.29 is 19.1 Å². The zero-order valence-electron chi connectivity index (χ0n) is 18.5. The normalized spacial score (nSPS) is 15.3. The zero-order valence-corrected chi connectivity index (χ0v) is 18.5. The molecule has 9 heteroatoms. The highest BCUT2D eigenvalue weighted by molar-refractivity contribution is 5.92. The molecule has 1 atom stereocenters. The van der Waals surface area contributed by atoms with Crippen LogP contribution in [0.15, 0.2) is 73.1 Å². The summed E-state index contributed by atoms with van der Waals surface area (Å²) in [5.74, 6) is 0.208. The van der Waals surface area contributed by atoms with E-state index in [9.17, 15) is 9.18 Å². The number of hydrogen-bond donors (Lipinski definition) is 2. The van der Waals surface area contributed by atoms with Crippen LogP contribution >= 0.6 is 0 Å². The predicted molar refractivity (Wildman–Crippen MR) is 126 cm³/mol. The van der Waals surface area contributed by atoms with Gasteiger partial charge in [0.25, 0.3) is 5.91 Å². The monoisotopic (exact) mass is 463 g/mol. The van der Waals surface area contributed by atoms with E-state index in [1.165, 1.54) is 24.5 Å². The molecule has 2 heterocycles. The van der Waals surface area contributed by atoms with E-state index in [4.69, 9.17) is 9.94 Å². The Hall–Kier alpha value is -3.82. The minimum atomic E-state index is -0.646. The molecular formula is C25H26FN5O3. The number of rotatable bonds is 8. The third-order valence-electron chi connectivity index (χ3n) is 5.50. The largest absolute Gasteiger partial charge is 0.485 e. The van der Waals surface area contributed by atoms with Crippen LogP contribution < -0.4 is 15.1 Å². The van der Waals surface area contributed by atoms with Crippen molar-refractivity contribution in [2.24, 2.45) is 0 Å². The van der Waals surface area contributed by atoms with Crippen LogP contribution in [0.5, 0.6) is 5.75 Å². The number of aromatic nitrogens is 2. The zero-order chi connectivity index (χ0) is 23.8. The second-order valence-corrected chi connectivity index (χ2v) is 7.88. The highest BCUT2D eigenvalue weighted by Crippen LogP contribution is 2.17. The van der Waals surface area contributed by atoms with Crippen molar-refractivity contribution in [1.29, 1.82) is 0 Å². The van der Waals surface area contributed by atoms with Crippen molar-refractivity contribution in [1.82, 2.24) is 20.3 Å². The van der Waals surface area contributed by atoms with Gasteiger partial charge in [0, 0.05) is 45.1 Å². The molecule has 1 aliphatic rings. The lowest BCUT2D eigenvalue weighted by atomic mass is 10.1. The van der Waals surface area contributed by atoms with E-state index in [1.807, 2.05) is 47.4 Å². The Morgan fingerprint density at radius 2 is 1.74 bits per heavy atom. The van der Waals surface area contributed by atoms with Crippen LogP contribution in [0.25, 0.3) is 6.08 Å². The second-order valence-electron chi connectivity index (χ2n) is 7.88. The Balaban J connectivity index is 1.38. The van der Waals surface area contributed by atoms with Gasteiger partial charge in [-0.05, 0) is 35.9 Å². The summed E-state index contributed by atoms with van der Waals surface area (Å²) in [5.41, 5.74) is 2.84. The number of ether oxygens (including phenoxy) is 1. The van der Waals surface area contributed by atoms with Gasteiger partial charge < -0.3 is 9.64 Å². The molecule has 1 fully saturated rings. The number of hydroxylamine groups is 1. The average molecular weight is 464 g/mol. The Kier molecular flexibility index (Phi) is 7.79. The fourth-order valence-corrected chi connectivity index (χ4v) is 3.66. The van der Waals surface area contributed by atoms with Gasteiger partial charge in [-0.2, -0.15) is 0 Å². The van der Waals surface area contributed by atoms with Crippen molar-refractivity contribution in [2.75, 3.05) is 37.6 Å². The molecule has 3 aromatic rings. The number of hydrogen-bond acceptors (Lipinski definition) is 7. The summed E-state index contributed by atoms with van der Waals surface area (Å²) >= 11 is 0. The minimum absolute atomic E-state index is 0.191. The van der Waals surface area contributed by atoms with E-state index in [1.54, 1.807) is 17.6 Å². The Morgan fingerprint density at radius 3 is 2.38 bits per heavy atom. The maximum Gasteiger partial charge on any atom is 0.277 e. The fourth-order valence-electron chi connectivity index (χ4n) is 3.66. The second kappa shape index (κ2) is 11.4. The molecule has 34 heavy (non-hydrogen) atoms. The molecule has 8 nitrogen and oxygen atoms in total. The number of amides is 1. The molecule has 0 aliphatic carbocycles. The molecule has 1 amide bonds. The Labute approximate surface area is 197 Å². The summed E-state index contributed by atoms with van der Waals surface area (Å²) in [5, 5.41) is 8.71. The van der Waals surface area contributed by atoms with Crippen molar-refractivity contribution in [3.8, 4) is 5.75 Å². The van der Waals surface area contributed by atoms with E-state index in [0.717, 1.165) is 31.7 Å². The van der Waals surface area contributed by atoms with Crippen LogP contribution in [0.2, 0.25) is 0 Å². The number of halogens is 1. The summed E-state index contributed by atoms with van der Waals surface area (Å²) in [7, 11) is 0. The molecule has 1 aliphatic heterocycles. The smallest absolute Gasteiger partial charge is 0.277 e. The lowest BCUT2D eigenvalue weighted by Gasteiger charge is -2.36. The van der Waals surface area contributed by atoms with Crippen molar-refractivity contribution in [2.45, 2.75) is 6.10 Å². The van der Waals surface area contributed by atoms with Gasteiger partial charge in [0.05, 0.1) is 5.56 Å². The van der Waals surface area contributed by atoms with Gasteiger partial charge >= 0.3 is 0 Å².